The van der Waals surface area contributed by atoms with Gasteiger partial charge in [-0.3, -0.25) is 14.8 Å². The quantitative estimate of drug-likeness (QED) is 0.181. The Morgan fingerprint density at radius 3 is 2.25 bits per heavy atom. The van der Waals surface area contributed by atoms with Gasteiger partial charge in [0.2, 0.25) is 0 Å². The van der Waals surface area contributed by atoms with Crippen LogP contribution in [0.5, 0.6) is 0 Å². The van der Waals surface area contributed by atoms with Gasteiger partial charge in [0, 0.05) is 57.8 Å². The van der Waals surface area contributed by atoms with Crippen LogP contribution in [-0.2, 0) is 0 Å². The zero-order valence-corrected chi connectivity index (χ0v) is 25.3. The molecule has 3 aromatic heterocycles. The number of hydrogen-bond acceptors (Lipinski definition) is 7. The number of nitrogens with one attached hydrogen (secondary N) is 3. The number of aromatic nitrogens is 3. The van der Waals surface area contributed by atoms with Crippen LogP contribution in [0.1, 0.15) is 59.0 Å². The van der Waals surface area contributed by atoms with Gasteiger partial charge in [-0.15, -0.1) is 0 Å². The van der Waals surface area contributed by atoms with Crippen LogP contribution in [0.4, 0.5) is 28.4 Å². The lowest BCUT2D eigenvalue weighted by molar-refractivity contribution is 0.102. The van der Waals surface area contributed by atoms with E-state index >= 15 is 0 Å². The molecule has 0 saturated carbocycles. The molecule has 1 amide bonds. The van der Waals surface area contributed by atoms with E-state index in [0.717, 1.165) is 45.0 Å². The second kappa shape index (κ2) is 11.7. The van der Waals surface area contributed by atoms with Crippen molar-refractivity contribution in [3.63, 3.8) is 0 Å². The molecule has 2 aromatic carbocycles. The second-order valence-corrected chi connectivity index (χ2v) is 12.2. The van der Waals surface area contributed by atoms with E-state index in [-0.39, 0.29) is 5.91 Å². The van der Waals surface area contributed by atoms with Crippen LogP contribution in [0.2, 0.25) is 0 Å². The van der Waals surface area contributed by atoms with Gasteiger partial charge in [-0.05, 0) is 125 Å². The molecule has 0 radical (unpaired) electrons. The number of nitrogens with zero attached hydrogens (tertiary/aromatic N) is 4. The lowest BCUT2D eigenvalue weighted by Gasteiger charge is -2.36. The van der Waals surface area contributed by atoms with Crippen LogP contribution in [-0.4, -0.2) is 44.9 Å². The minimum atomic E-state index is -0.260. The molecule has 222 valence electrons. The van der Waals surface area contributed by atoms with E-state index < -0.39 is 0 Å². The van der Waals surface area contributed by atoms with Crippen molar-refractivity contribution < 1.29 is 4.79 Å². The summed E-state index contributed by atoms with van der Waals surface area (Å²) in [7, 11) is 2.29. The fraction of sp³-hybridized carbons (Fsp3) is 0.278. The number of pyridine rings is 3. The number of hydrogen-bond donors (Lipinski definition) is 3. The summed E-state index contributed by atoms with van der Waals surface area (Å²) in [6.45, 7) is 3.97. The Labute approximate surface area is 258 Å². The molecule has 5 aromatic rings. The fourth-order valence-electron chi connectivity index (χ4n) is 6.80. The summed E-state index contributed by atoms with van der Waals surface area (Å²) in [5.41, 5.74) is 9.02. The number of rotatable bonds is 7. The van der Waals surface area contributed by atoms with Crippen LogP contribution in [0.3, 0.4) is 0 Å². The summed E-state index contributed by atoms with van der Waals surface area (Å²) in [4.78, 5) is 29.0. The number of aryl methyl sites for hydroxylation is 2. The monoisotopic (exact) mass is 583 g/mol. The summed E-state index contributed by atoms with van der Waals surface area (Å²) >= 11 is 0. The molecule has 2 aliphatic rings. The maximum absolute atomic E-state index is 12.9. The molecule has 2 aliphatic heterocycles. The van der Waals surface area contributed by atoms with Crippen molar-refractivity contribution in [3.05, 3.63) is 108 Å². The SMILES string of the molecule is Cc1cc(Nc2ccc(NC(=O)c3ccc(Nc4cc(C)nc5ccc(C6C[C@H]7CC[C@@H](C6)N7C)cc45)cn3)cc2)ccn1. The van der Waals surface area contributed by atoms with Crippen LogP contribution in [0.25, 0.3) is 10.9 Å². The lowest BCUT2D eigenvalue weighted by atomic mass is 9.85. The van der Waals surface area contributed by atoms with Gasteiger partial charge in [0.05, 0.1) is 17.4 Å². The Bertz CT molecular complexity index is 1810. The first kappa shape index (κ1) is 28.0. The van der Waals surface area contributed by atoms with Gasteiger partial charge in [0.1, 0.15) is 5.69 Å². The third kappa shape index (κ3) is 5.85. The summed E-state index contributed by atoms with van der Waals surface area (Å²) in [6.07, 6.45) is 8.56. The maximum atomic E-state index is 12.9. The number of piperidine rings is 1. The van der Waals surface area contributed by atoms with Crippen LogP contribution < -0.4 is 16.0 Å². The van der Waals surface area contributed by atoms with Crippen LogP contribution in [0.15, 0.2) is 85.2 Å². The van der Waals surface area contributed by atoms with E-state index in [1.165, 1.54) is 31.2 Å². The average Bonchev–Trinajstić information content (AvgIpc) is 3.21. The third-order valence-corrected chi connectivity index (χ3v) is 9.13. The summed E-state index contributed by atoms with van der Waals surface area (Å²) in [6, 6.07) is 25.4. The number of anilines is 5. The molecule has 0 aliphatic carbocycles. The topological polar surface area (TPSA) is 95.1 Å². The highest BCUT2D eigenvalue weighted by Crippen LogP contribution is 2.43. The first-order valence-electron chi connectivity index (χ1n) is 15.4. The maximum Gasteiger partial charge on any atom is 0.274 e. The van der Waals surface area contributed by atoms with Gasteiger partial charge in [-0.2, -0.15) is 0 Å². The zero-order chi connectivity index (χ0) is 30.2. The Morgan fingerprint density at radius 1 is 0.773 bits per heavy atom. The van der Waals surface area contributed by atoms with E-state index in [4.69, 9.17) is 4.98 Å². The molecule has 7 rings (SSSR count). The number of carbonyl (C=O) groups is 1. The highest BCUT2D eigenvalue weighted by Gasteiger charge is 2.38. The molecule has 1 unspecified atom stereocenters. The first-order valence-corrected chi connectivity index (χ1v) is 15.4. The van der Waals surface area contributed by atoms with Gasteiger partial charge in [0.15, 0.2) is 0 Å². The Kier molecular flexibility index (Phi) is 7.44. The minimum absolute atomic E-state index is 0.260. The number of carbonyl (C=O) groups excluding carboxylic acids is 1. The van der Waals surface area contributed by atoms with E-state index in [1.807, 2.05) is 56.3 Å². The molecular formula is C36H37N7O. The number of benzene rings is 2. The predicted molar refractivity (Wildman–Crippen MR) is 177 cm³/mol. The van der Waals surface area contributed by atoms with E-state index in [2.05, 4.69) is 62.1 Å². The molecule has 2 saturated heterocycles. The van der Waals surface area contributed by atoms with E-state index in [0.29, 0.717) is 29.4 Å². The molecule has 3 N–H and O–H groups in total. The predicted octanol–water partition coefficient (Wildman–Crippen LogP) is 7.72. The molecule has 8 nitrogen and oxygen atoms in total. The van der Waals surface area contributed by atoms with E-state index in [9.17, 15) is 4.79 Å². The van der Waals surface area contributed by atoms with Crippen molar-refractivity contribution >= 4 is 45.2 Å². The van der Waals surface area contributed by atoms with Gasteiger partial charge in [-0.1, -0.05) is 6.07 Å². The molecule has 5 heterocycles. The van der Waals surface area contributed by atoms with Gasteiger partial charge >= 0.3 is 0 Å². The van der Waals surface area contributed by atoms with Crippen LogP contribution in [0, 0.1) is 13.8 Å². The molecular weight excluding hydrogens is 546 g/mol. The Hall–Kier alpha value is -4.82. The van der Waals surface area contributed by atoms with Crippen molar-refractivity contribution in [3.8, 4) is 0 Å². The standard InChI is InChI=1S/C36H37N7O/c1-22-16-28(14-15-37-22)40-26-5-7-27(8-6-26)42-36(44)34-13-9-29(21-38-34)41-35-17-23(2)39-33-12-4-24(20-32(33)35)25-18-30-10-11-31(19-25)43(30)3/h4-9,12-17,20-21,25,30-31H,10-11,18-19H2,1-3H3,(H,37,40)(H,39,41)(H,42,44)/t25?,30-,31+. The van der Waals surface area contributed by atoms with Crippen molar-refractivity contribution in [2.45, 2.75) is 57.5 Å². The number of fused-ring (bicyclic) bond motifs is 3. The normalized spacial score (nSPS) is 19.6. The molecule has 2 bridgehead atoms. The van der Waals surface area contributed by atoms with Crippen molar-refractivity contribution in [1.82, 2.24) is 19.9 Å². The molecule has 3 atom stereocenters. The van der Waals surface area contributed by atoms with E-state index in [1.54, 1.807) is 18.5 Å². The highest BCUT2D eigenvalue weighted by molar-refractivity contribution is 6.03. The first-order chi connectivity index (χ1) is 21.4. The highest BCUT2D eigenvalue weighted by atomic mass is 16.1. The molecule has 2 fully saturated rings. The zero-order valence-electron chi connectivity index (χ0n) is 25.3. The average molecular weight is 584 g/mol. The summed E-state index contributed by atoms with van der Waals surface area (Å²) in [5, 5.41) is 10.9. The second-order valence-electron chi connectivity index (χ2n) is 12.2. The van der Waals surface area contributed by atoms with Gasteiger partial charge in [0.25, 0.3) is 5.91 Å². The van der Waals surface area contributed by atoms with Crippen molar-refractivity contribution in [2.24, 2.45) is 0 Å². The van der Waals surface area contributed by atoms with Crippen LogP contribution >= 0.6 is 0 Å². The fourth-order valence-corrected chi connectivity index (χ4v) is 6.80. The smallest absolute Gasteiger partial charge is 0.274 e. The van der Waals surface area contributed by atoms with Crippen molar-refractivity contribution in [2.75, 3.05) is 23.0 Å². The Balaban J connectivity index is 1.03. The summed E-state index contributed by atoms with van der Waals surface area (Å²) < 4.78 is 0. The minimum Gasteiger partial charge on any atom is -0.355 e. The lowest BCUT2D eigenvalue weighted by Crippen LogP contribution is -2.39. The molecule has 0 spiro atoms. The number of amides is 1. The molecule has 44 heavy (non-hydrogen) atoms. The van der Waals surface area contributed by atoms with Gasteiger partial charge < -0.3 is 20.9 Å². The largest absolute Gasteiger partial charge is 0.355 e. The third-order valence-electron chi connectivity index (χ3n) is 9.13. The van der Waals surface area contributed by atoms with Crippen molar-refractivity contribution in [1.29, 1.82) is 0 Å². The Morgan fingerprint density at radius 2 is 1.52 bits per heavy atom. The molecule has 8 heteroatoms. The summed E-state index contributed by atoms with van der Waals surface area (Å²) in [5.74, 6) is 0.323. The van der Waals surface area contributed by atoms with Gasteiger partial charge in [-0.25, -0.2) is 4.98 Å².